The molecule has 0 aliphatic rings. The molecule has 0 atom stereocenters. The fraction of sp³-hybridized carbons (Fsp3) is 1.00. The Morgan fingerprint density at radius 1 is 1.25 bits per heavy atom. The van der Waals surface area contributed by atoms with Gasteiger partial charge in [-0.25, -0.2) is 0 Å². The van der Waals surface area contributed by atoms with Crippen LogP contribution in [-0.2, 0) is 25.8 Å². The van der Waals surface area contributed by atoms with E-state index in [1.807, 2.05) is 6.92 Å². The third kappa shape index (κ3) is 6.06. The van der Waals surface area contributed by atoms with Crippen LogP contribution in [0.25, 0.3) is 0 Å². The van der Waals surface area contributed by atoms with E-state index in [9.17, 15) is 10.4 Å². The zero-order chi connectivity index (χ0) is 6.62. The second kappa shape index (κ2) is 3.16. The van der Waals surface area contributed by atoms with Crippen LogP contribution in [0, 0.1) is 0 Å². The maximum atomic E-state index is 9.95. The van der Waals surface area contributed by atoms with Crippen molar-refractivity contribution in [2.24, 2.45) is 0 Å². The average Bonchev–Trinajstić information content (AvgIpc) is 1.59. The van der Waals surface area contributed by atoms with Gasteiger partial charge in [0.05, 0.1) is 0 Å². The monoisotopic (exact) mass is 292 g/mol. The molecule has 0 spiro atoms. The predicted octanol–water partition coefficient (Wildman–Crippen LogP) is 1.40. The molecule has 0 saturated carbocycles. The maximum absolute atomic E-state index is 9.95. The molecule has 0 heterocycles. The Morgan fingerprint density at radius 2 is 1.75 bits per heavy atom. The van der Waals surface area contributed by atoms with Gasteiger partial charge in [0, 0.05) is 0 Å². The van der Waals surface area contributed by atoms with Gasteiger partial charge in [0.25, 0.3) is 0 Å². The summed E-state index contributed by atoms with van der Waals surface area (Å²) in [6, 6.07) is 0. The van der Waals surface area contributed by atoms with E-state index in [0.29, 0.717) is 6.42 Å². The van der Waals surface area contributed by atoms with E-state index in [1.54, 1.807) is 0 Å². The van der Waals surface area contributed by atoms with Gasteiger partial charge in [-0.2, -0.15) is 0 Å². The first-order valence-electron chi connectivity index (χ1n) is 2.44. The normalized spacial score (nSPS) is 11.6. The van der Waals surface area contributed by atoms with Crippen LogP contribution >= 0.6 is 0 Å². The molecule has 0 amide bonds. The van der Waals surface area contributed by atoms with E-state index in [1.165, 1.54) is 0 Å². The first-order valence-corrected chi connectivity index (χ1v) is 7.68. The van der Waals surface area contributed by atoms with Crippen molar-refractivity contribution in [1.82, 2.24) is 0 Å². The van der Waals surface area contributed by atoms with Crippen molar-refractivity contribution in [2.75, 3.05) is 0 Å². The Kier molecular flexibility index (Phi) is 3.19. The Balaban J connectivity index is 3.60. The van der Waals surface area contributed by atoms with Crippen molar-refractivity contribution in [3.8, 4) is 0 Å². The average molecular weight is 291 g/mol. The summed E-state index contributed by atoms with van der Waals surface area (Å²) in [6.07, 6.45) is 1.31. The summed E-state index contributed by atoms with van der Waals surface area (Å²) in [6.45, 7) is 1.86. The van der Waals surface area contributed by atoms with Gasteiger partial charge in [0.15, 0.2) is 0 Å². The summed E-state index contributed by atoms with van der Waals surface area (Å²) in [4.78, 5) is -0.101. The minimum atomic E-state index is -4.98. The molecule has 0 saturated heterocycles. The first kappa shape index (κ1) is 8.06. The molecule has 0 aromatic rings. The van der Waals surface area contributed by atoms with Crippen LogP contribution in [0.15, 0.2) is 0 Å². The molecule has 8 heavy (non-hydrogen) atoms. The SMILES string of the molecule is CCC[CH2][Re](=[O])(=[O])=[O]. The number of rotatable bonds is 3. The van der Waals surface area contributed by atoms with Gasteiger partial charge in [0.1, 0.15) is 0 Å². The molecule has 3 nitrogen and oxygen atoms in total. The molecule has 4 heteroatoms. The third-order valence-corrected chi connectivity index (χ3v) is 3.34. The standard InChI is InChI=1S/C4H9.3O.Re/c1-3-4-2;;;;/h1,3-4H2,2H3;;;;. The summed E-state index contributed by atoms with van der Waals surface area (Å²) < 4.78 is 29.9. The van der Waals surface area contributed by atoms with Crippen molar-refractivity contribution in [3.05, 3.63) is 0 Å². The Hall–Kier alpha value is 0.0623. The van der Waals surface area contributed by atoms with Gasteiger partial charge in [0.2, 0.25) is 0 Å². The van der Waals surface area contributed by atoms with Crippen LogP contribution in [0.3, 0.4) is 0 Å². The summed E-state index contributed by atoms with van der Waals surface area (Å²) in [5.41, 5.74) is 0. The number of hydrogen-bond donors (Lipinski definition) is 0. The quantitative estimate of drug-likeness (QED) is 0.789. The molecular formula is C4H9O3Re. The third-order valence-electron chi connectivity index (χ3n) is 0.719. The van der Waals surface area contributed by atoms with Gasteiger partial charge in [-0.1, -0.05) is 0 Å². The van der Waals surface area contributed by atoms with Crippen molar-refractivity contribution < 1.29 is 25.8 Å². The van der Waals surface area contributed by atoms with E-state index in [4.69, 9.17) is 0 Å². The molecule has 0 aliphatic carbocycles. The van der Waals surface area contributed by atoms with Gasteiger partial charge in [-0.3, -0.25) is 0 Å². The second-order valence-corrected chi connectivity index (χ2v) is 6.63. The Labute approximate surface area is 51.0 Å². The van der Waals surface area contributed by atoms with E-state index in [0.717, 1.165) is 6.42 Å². The van der Waals surface area contributed by atoms with E-state index in [2.05, 4.69) is 0 Å². The van der Waals surface area contributed by atoms with Crippen LogP contribution in [0.1, 0.15) is 19.8 Å². The van der Waals surface area contributed by atoms with E-state index < -0.39 is 15.4 Å². The molecule has 0 aromatic heterocycles. The van der Waals surface area contributed by atoms with Gasteiger partial charge in [-0.15, -0.1) is 0 Å². The zero-order valence-electron chi connectivity index (χ0n) is 4.72. The van der Waals surface area contributed by atoms with Crippen molar-refractivity contribution >= 4 is 0 Å². The van der Waals surface area contributed by atoms with Crippen molar-refractivity contribution in [3.63, 3.8) is 0 Å². The Bertz CT molecular complexity index is 168. The molecule has 0 bridgehead atoms. The molecule has 0 N–H and O–H groups in total. The van der Waals surface area contributed by atoms with Gasteiger partial charge < -0.3 is 0 Å². The zero-order valence-corrected chi connectivity index (χ0v) is 7.44. The van der Waals surface area contributed by atoms with Gasteiger partial charge in [-0.05, 0) is 0 Å². The summed E-state index contributed by atoms with van der Waals surface area (Å²) in [5, 5.41) is 0. The van der Waals surface area contributed by atoms with Crippen LogP contribution in [0.2, 0.25) is 4.89 Å². The molecule has 0 aliphatic heterocycles. The van der Waals surface area contributed by atoms with E-state index in [-0.39, 0.29) is 4.89 Å². The van der Waals surface area contributed by atoms with Gasteiger partial charge >= 0.3 is 50.5 Å². The molecular weight excluding hydrogens is 282 g/mol. The predicted molar refractivity (Wildman–Crippen MR) is 21.8 cm³/mol. The molecule has 50 valence electrons. The van der Waals surface area contributed by atoms with Crippen LogP contribution in [0.5, 0.6) is 0 Å². The van der Waals surface area contributed by atoms with Crippen molar-refractivity contribution in [1.29, 1.82) is 0 Å². The molecule has 0 radical (unpaired) electrons. The topological polar surface area (TPSA) is 51.2 Å². The number of hydrogen-bond acceptors (Lipinski definition) is 3. The minimum absolute atomic E-state index is 0.101. The summed E-state index contributed by atoms with van der Waals surface area (Å²) in [7, 11) is 0. The van der Waals surface area contributed by atoms with Crippen LogP contribution in [-0.4, -0.2) is 0 Å². The fourth-order valence-corrected chi connectivity index (χ4v) is 2.43. The molecule has 0 rings (SSSR count). The first-order chi connectivity index (χ1) is 3.56. The molecule has 0 unspecified atom stereocenters. The van der Waals surface area contributed by atoms with Crippen molar-refractivity contribution in [2.45, 2.75) is 24.7 Å². The summed E-state index contributed by atoms with van der Waals surface area (Å²) in [5.74, 6) is 0. The number of unbranched alkanes of at least 4 members (excludes halogenated alkanes) is 1. The molecule has 0 fully saturated rings. The summed E-state index contributed by atoms with van der Waals surface area (Å²) >= 11 is -4.98. The van der Waals surface area contributed by atoms with Crippen LogP contribution < -0.4 is 0 Å². The van der Waals surface area contributed by atoms with E-state index >= 15 is 0 Å². The fourth-order valence-electron chi connectivity index (χ4n) is 0.297. The van der Waals surface area contributed by atoms with Crippen LogP contribution in [0.4, 0.5) is 0 Å². The molecule has 0 aromatic carbocycles. The Morgan fingerprint density at radius 3 is 1.88 bits per heavy atom. The second-order valence-electron chi connectivity index (χ2n) is 1.56.